The van der Waals surface area contributed by atoms with Gasteiger partial charge >= 0.3 is 0 Å². The van der Waals surface area contributed by atoms with Gasteiger partial charge in [-0.1, -0.05) is 29.8 Å². The first-order chi connectivity index (χ1) is 16.3. The molecule has 1 fully saturated rings. The van der Waals surface area contributed by atoms with E-state index in [2.05, 4.69) is 5.32 Å². The molecule has 4 rings (SSSR count). The first-order valence-corrected chi connectivity index (χ1v) is 11.5. The van der Waals surface area contributed by atoms with Gasteiger partial charge in [-0.2, -0.15) is 0 Å². The number of nitrogens with one attached hydrogen (secondary N) is 1. The lowest BCUT2D eigenvalue weighted by Gasteiger charge is -2.33. The Morgan fingerprint density at radius 2 is 1.82 bits per heavy atom. The molecule has 0 spiro atoms. The summed E-state index contributed by atoms with van der Waals surface area (Å²) in [6.07, 6.45) is 3.07. The highest BCUT2D eigenvalue weighted by molar-refractivity contribution is 6.34. The van der Waals surface area contributed by atoms with Crippen LogP contribution in [0.2, 0.25) is 5.02 Å². The third-order valence-corrected chi connectivity index (χ3v) is 6.73. The lowest BCUT2D eigenvalue weighted by Crippen LogP contribution is -2.39. The maximum Gasteiger partial charge on any atom is 0.271 e. The molecule has 178 valence electrons. The van der Waals surface area contributed by atoms with Crippen molar-refractivity contribution in [3.63, 3.8) is 0 Å². The molecule has 2 heterocycles. The van der Waals surface area contributed by atoms with Crippen LogP contribution in [0.15, 0.2) is 53.5 Å². The van der Waals surface area contributed by atoms with Crippen LogP contribution in [-0.4, -0.2) is 35.6 Å². The molecule has 0 atom stereocenters. The van der Waals surface area contributed by atoms with Crippen molar-refractivity contribution in [3.05, 3.63) is 86.5 Å². The maximum absolute atomic E-state index is 13.6. The Labute approximate surface area is 202 Å². The van der Waals surface area contributed by atoms with E-state index in [9.17, 15) is 14.0 Å². The van der Waals surface area contributed by atoms with Gasteiger partial charge in [-0.25, -0.2) is 4.39 Å². The Morgan fingerprint density at radius 1 is 1.15 bits per heavy atom. The van der Waals surface area contributed by atoms with E-state index in [-0.39, 0.29) is 28.4 Å². The number of aryl methyl sites for hydroxylation is 2. The molecule has 3 aromatic rings. The summed E-state index contributed by atoms with van der Waals surface area (Å²) in [5.41, 5.74) is 2.90. The third kappa shape index (κ3) is 4.80. The molecule has 1 amide bonds. The second-order valence-electron chi connectivity index (χ2n) is 8.57. The third-order valence-electron chi connectivity index (χ3n) is 6.38. The Balaban J connectivity index is 1.61. The van der Waals surface area contributed by atoms with Gasteiger partial charge in [-0.05, 0) is 55.0 Å². The summed E-state index contributed by atoms with van der Waals surface area (Å²) in [5, 5.41) is 3.16. The zero-order chi connectivity index (χ0) is 24.4. The Bertz CT molecular complexity index is 1270. The molecule has 1 aromatic heterocycles. The van der Waals surface area contributed by atoms with E-state index in [1.807, 2.05) is 31.2 Å². The number of piperidine rings is 1. The zero-order valence-corrected chi connectivity index (χ0v) is 20.2. The fourth-order valence-corrected chi connectivity index (χ4v) is 4.58. The number of rotatable bonds is 5. The number of anilines is 2. The summed E-state index contributed by atoms with van der Waals surface area (Å²) >= 11 is 6.45. The number of likely N-dealkylation sites (tertiary alicyclic amines) is 1. The summed E-state index contributed by atoms with van der Waals surface area (Å²) in [6.45, 7) is 3.02. The predicted octanol–water partition coefficient (Wildman–Crippen LogP) is 5.26. The van der Waals surface area contributed by atoms with Crippen LogP contribution in [0.25, 0.3) is 0 Å². The number of hydrogen-bond donors (Lipinski definition) is 1. The van der Waals surface area contributed by atoms with Crippen LogP contribution in [0.1, 0.15) is 40.2 Å². The Morgan fingerprint density at radius 3 is 2.47 bits per heavy atom. The number of amides is 1. The van der Waals surface area contributed by atoms with E-state index >= 15 is 0 Å². The number of ether oxygens (including phenoxy) is 1. The molecule has 1 N–H and O–H groups in total. The highest BCUT2D eigenvalue weighted by Gasteiger charge is 2.28. The van der Waals surface area contributed by atoms with Gasteiger partial charge in [0, 0.05) is 38.1 Å². The Kier molecular flexibility index (Phi) is 6.93. The van der Waals surface area contributed by atoms with Gasteiger partial charge in [0.25, 0.3) is 11.5 Å². The molecule has 0 aliphatic carbocycles. The number of carbonyl (C=O) groups is 1. The average Bonchev–Trinajstić information content (AvgIpc) is 2.85. The van der Waals surface area contributed by atoms with Gasteiger partial charge in [0.1, 0.15) is 16.6 Å². The molecule has 34 heavy (non-hydrogen) atoms. The molecule has 0 bridgehead atoms. The summed E-state index contributed by atoms with van der Waals surface area (Å²) in [7, 11) is 3.15. The molecule has 2 aromatic carbocycles. The van der Waals surface area contributed by atoms with Gasteiger partial charge in [-0.3, -0.25) is 9.59 Å². The highest BCUT2D eigenvalue weighted by Crippen LogP contribution is 2.33. The van der Waals surface area contributed by atoms with Crippen LogP contribution in [0, 0.1) is 12.7 Å². The fraction of sp³-hybridized carbons (Fsp3) is 0.308. The lowest BCUT2D eigenvalue weighted by atomic mass is 9.89. The van der Waals surface area contributed by atoms with Gasteiger partial charge in [0.2, 0.25) is 0 Å². The van der Waals surface area contributed by atoms with Crippen molar-refractivity contribution in [1.82, 2.24) is 9.47 Å². The maximum atomic E-state index is 13.6. The van der Waals surface area contributed by atoms with Crippen LogP contribution in [0.4, 0.5) is 15.8 Å². The first-order valence-electron chi connectivity index (χ1n) is 11.1. The summed E-state index contributed by atoms with van der Waals surface area (Å²) < 4.78 is 19.9. The van der Waals surface area contributed by atoms with E-state index in [0.717, 1.165) is 24.0 Å². The van der Waals surface area contributed by atoms with Crippen LogP contribution in [0.5, 0.6) is 5.75 Å². The number of pyridine rings is 1. The molecule has 0 radical (unpaired) electrons. The molecular weight excluding hydrogens is 457 g/mol. The van der Waals surface area contributed by atoms with Crippen molar-refractivity contribution in [1.29, 1.82) is 0 Å². The SMILES string of the molecule is COc1ccc(C)c(Nc2c(C(=O)N3CCC(c4ccc(F)cc4)CC3)cn(C)c(=O)c2Cl)c1. The van der Waals surface area contributed by atoms with Crippen LogP contribution in [-0.2, 0) is 7.05 Å². The minimum absolute atomic E-state index is 0.0447. The van der Waals surface area contributed by atoms with Gasteiger partial charge in [0.05, 0.1) is 18.4 Å². The predicted molar refractivity (Wildman–Crippen MR) is 132 cm³/mol. The number of benzene rings is 2. The van der Waals surface area contributed by atoms with Crippen LogP contribution in [0.3, 0.4) is 0 Å². The number of carbonyl (C=O) groups excluding carboxylic acids is 1. The van der Waals surface area contributed by atoms with Crippen molar-refractivity contribution in [2.24, 2.45) is 7.05 Å². The van der Waals surface area contributed by atoms with Gasteiger partial charge in [0.15, 0.2) is 0 Å². The zero-order valence-electron chi connectivity index (χ0n) is 19.4. The van der Waals surface area contributed by atoms with Gasteiger partial charge < -0.3 is 19.5 Å². The van der Waals surface area contributed by atoms with Gasteiger partial charge in [-0.15, -0.1) is 0 Å². The smallest absolute Gasteiger partial charge is 0.271 e. The molecule has 0 saturated carbocycles. The van der Waals surface area contributed by atoms with Crippen molar-refractivity contribution in [2.45, 2.75) is 25.7 Å². The average molecular weight is 484 g/mol. The number of halogens is 2. The molecule has 0 unspecified atom stereocenters. The normalized spacial score (nSPS) is 14.2. The van der Waals surface area contributed by atoms with Crippen molar-refractivity contribution >= 4 is 28.9 Å². The largest absolute Gasteiger partial charge is 0.497 e. The number of nitrogens with zero attached hydrogens (tertiary/aromatic N) is 2. The van der Waals surface area contributed by atoms with E-state index in [4.69, 9.17) is 16.3 Å². The summed E-state index contributed by atoms with van der Waals surface area (Å²) in [4.78, 5) is 27.9. The Hall–Kier alpha value is -3.32. The molecule has 1 aliphatic heterocycles. The second-order valence-corrected chi connectivity index (χ2v) is 8.95. The molecule has 1 saturated heterocycles. The number of methoxy groups -OCH3 is 1. The second kappa shape index (κ2) is 9.89. The number of aromatic nitrogens is 1. The van der Waals surface area contributed by atoms with Crippen molar-refractivity contribution < 1.29 is 13.9 Å². The summed E-state index contributed by atoms with van der Waals surface area (Å²) in [6, 6.07) is 12.1. The fourth-order valence-electron chi connectivity index (χ4n) is 4.30. The number of hydrogen-bond acceptors (Lipinski definition) is 4. The topological polar surface area (TPSA) is 63.6 Å². The van der Waals surface area contributed by atoms with E-state index < -0.39 is 5.56 Å². The molecule has 1 aliphatic rings. The van der Waals surface area contributed by atoms with Crippen molar-refractivity contribution in [2.75, 3.05) is 25.5 Å². The first kappa shape index (κ1) is 23.8. The summed E-state index contributed by atoms with van der Waals surface area (Å²) in [5.74, 6) is 0.460. The monoisotopic (exact) mass is 483 g/mol. The highest BCUT2D eigenvalue weighted by atomic mass is 35.5. The molecule has 6 nitrogen and oxygen atoms in total. The van der Waals surface area contributed by atoms with E-state index in [0.29, 0.717) is 30.1 Å². The minimum atomic E-state index is -0.392. The molecule has 8 heteroatoms. The minimum Gasteiger partial charge on any atom is -0.497 e. The quantitative estimate of drug-likeness (QED) is 0.537. The van der Waals surface area contributed by atoms with Crippen molar-refractivity contribution in [3.8, 4) is 5.75 Å². The molecular formula is C26H27ClFN3O3. The van der Waals surface area contributed by atoms with Crippen LogP contribution < -0.4 is 15.6 Å². The van der Waals surface area contributed by atoms with E-state index in [1.54, 1.807) is 25.1 Å². The van der Waals surface area contributed by atoms with E-state index in [1.165, 1.54) is 22.9 Å². The standard InChI is InChI=1S/C26H27ClFN3O3/c1-16-4-9-20(34-3)14-22(16)29-24-21(15-30(2)26(33)23(24)27)25(32)31-12-10-18(11-13-31)17-5-7-19(28)8-6-17/h4-9,14-15,18,29H,10-13H2,1-3H3. The van der Waals surface area contributed by atoms with Crippen LogP contribution >= 0.6 is 11.6 Å². The lowest BCUT2D eigenvalue weighted by molar-refractivity contribution is 0.0713.